The van der Waals surface area contributed by atoms with Crippen LogP contribution in [0.1, 0.15) is 39.5 Å². The van der Waals surface area contributed by atoms with Crippen LogP contribution in [0, 0.1) is 0 Å². The minimum Gasteiger partial charge on any atom is -0.399 e. The topological polar surface area (TPSA) is 72.3 Å². The Bertz CT molecular complexity index is 1090. The SMILES string of the molecule is Nc1ccc(C2(c3ccc(N)cc3)c3ccccc3C(O)c3ccccc32)cc1. The number of benzene rings is 4. The molecule has 1 aliphatic rings. The van der Waals surface area contributed by atoms with Crippen molar-refractivity contribution in [3.05, 3.63) is 130 Å². The third kappa shape index (κ3) is 2.48. The molecule has 142 valence electrons. The van der Waals surface area contributed by atoms with E-state index >= 15 is 0 Å². The second-order valence-electron chi connectivity index (χ2n) is 7.57. The van der Waals surface area contributed by atoms with Crippen molar-refractivity contribution in [2.45, 2.75) is 11.5 Å². The maximum atomic E-state index is 11.2. The standard InChI is InChI=1S/C26H22N2O/c27-19-13-9-17(10-14-19)26(18-11-15-20(28)16-12-18)23-7-3-1-5-21(23)25(29)22-6-2-4-8-24(22)26/h1-16,25,29H,27-28H2. The van der Waals surface area contributed by atoms with Gasteiger partial charge in [-0.3, -0.25) is 0 Å². The first-order chi connectivity index (χ1) is 14.1. The Hall–Kier alpha value is -3.56. The molecule has 0 unspecified atom stereocenters. The molecule has 29 heavy (non-hydrogen) atoms. The lowest BCUT2D eigenvalue weighted by molar-refractivity contribution is 0.212. The van der Waals surface area contributed by atoms with Crippen LogP contribution in [-0.4, -0.2) is 5.11 Å². The molecule has 0 bridgehead atoms. The van der Waals surface area contributed by atoms with Crippen molar-refractivity contribution in [2.24, 2.45) is 0 Å². The van der Waals surface area contributed by atoms with Crippen molar-refractivity contribution in [3.8, 4) is 0 Å². The number of aliphatic hydroxyl groups excluding tert-OH is 1. The number of nitrogen functional groups attached to an aromatic ring is 2. The first-order valence-corrected chi connectivity index (χ1v) is 9.71. The fourth-order valence-electron chi connectivity index (χ4n) is 4.72. The monoisotopic (exact) mass is 378 g/mol. The summed E-state index contributed by atoms with van der Waals surface area (Å²) in [7, 11) is 0. The predicted molar refractivity (Wildman–Crippen MR) is 118 cm³/mol. The maximum Gasteiger partial charge on any atom is 0.105 e. The van der Waals surface area contributed by atoms with Gasteiger partial charge in [0.1, 0.15) is 6.10 Å². The van der Waals surface area contributed by atoms with E-state index in [1.165, 1.54) is 0 Å². The lowest BCUT2D eigenvalue weighted by Crippen LogP contribution is -2.37. The van der Waals surface area contributed by atoms with Gasteiger partial charge < -0.3 is 16.6 Å². The summed E-state index contributed by atoms with van der Waals surface area (Å²) < 4.78 is 0. The molecule has 0 atom stereocenters. The number of fused-ring (bicyclic) bond motifs is 2. The molecule has 4 aromatic rings. The van der Waals surface area contributed by atoms with Crippen LogP contribution in [-0.2, 0) is 5.41 Å². The average Bonchev–Trinajstić information content (AvgIpc) is 2.76. The number of aliphatic hydroxyl groups is 1. The molecule has 0 saturated carbocycles. The van der Waals surface area contributed by atoms with Crippen LogP contribution >= 0.6 is 0 Å². The van der Waals surface area contributed by atoms with Gasteiger partial charge in [0.05, 0.1) is 5.41 Å². The first kappa shape index (κ1) is 17.5. The smallest absolute Gasteiger partial charge is 0.105 e. The molecule has 0 saturated heterocycles. The third-order valence-corrected chi connectivity index (χ3v) is 6.01. The summed E-state index contributed by atoms with van der Waals surface area (Å²) >= 11 is 0. The Morgan fingerprint density at radius 1 is 0.552 bits per heavy atom. The Morgan fingerprint density at radius 3 is 1.34 bits per heavy atom. The zero-order valence-electron chi connectivity index (χ0n) is 15.9. The van der Waals surface area contributed by atoms with Gasteiger partial charge in [-0.05, 0) is 57.6 Å². The van der Waals surface area contributed by atoms with Crippen LogP contribution in [0.25, 0.3) is 0 Å². The van der Waals surface area contributed by atoms with E-state index in [2.05, 4.69) is 36.4 Å². The summed E-state index contributed by atoms with van der Waals surface area (Å²) in [6, 6.07) is 32.3. The van der Waals surface area contributed by atoms with Crippen molar-refractivity contribution in [2.75, 3.05) is 11.5 Å². The number of nitrogens with two attached hydrogens (primary N) is 2. The van der Waals surface area contributed by atoms with E-state index < -0.39 is 11.5 Å². The van der Waals surface area contributed by atoms with Gasteiger partial charge in [-0.25, -0.2) is 0 Å². The molecular formula is C26H22N2O. The molecule has 0 radical (unpaired) electrons. The normalized spacial score (nSPS) is 14.8. The molecule has 1 aliphatic carbocycles. The summed E-state index contributed by atoms with van der Waals surface area (Å²) in [5, 5.41) is 11.2. The van der Waals surface area contributed by atoms with Gasteiger partial charge >= 0.3 is 0 Å². The summed E-state index contributed by atoms with van der Waals surface area (Å²) in [5.74, 6) is 0. The molecule has 0 amide bonds. The molecular weight excluding hydrogens is 356 g/mol. The van der Waals surface area contributed by atoms with Crippen LogP contribution < -0.4 is 11.5 Å². The van der Waals surface area contributed by atoms with E-state index in [1.54, 1.807) is 0 Å². The Balaban J connectivity index is 1.96. The second-order valence-corrected chi connectivity index (χ2v) is 7.57. The molecule has 3 heteroatoms. The molecule has 5 rings (SSSR count). The Labute approximate surface area is 170 Å². The first-order valence-electron chi connectivity index (χ1n) is 9.71. The van der Waals surface area contributed by atoms with Gasteiger partial charge in [-0.1, -0.05) is 72.8 Å². The molecule has 3 nitrogen and oxygen atoms in total. The summed E-state index contributed by atoms with van der Waals surface area (Å²) in [6.45, 7) is 0. The van der Waals surface area contributed by atoms with Crippen LogP contribution in [0.2, 0.25) is 0 Å². The highest BCUT2D eigenvalue weighted by Crippen LogP contribution is 2.53. The molecule has 0 aliphatic heterocycles. The zero-order chi connectivity index (χ0) is 20.0. The van der Waals surface area contributed by atoms with Gasteiger partial charge in [0.2, 0.25) is 0 Å². The lowest BCUT2D eigenvalue weighted by atomic mass is 9.59. The van der Waals surface area contributed by atoms with Crippen LogP contribution in [0.4, 0.5) is 11.4 Å². The third-order valence-electron chi connectivity index (χ3n) is 6.01. The van der Waals surface area contributed by atoms with Crippen molar-refractivity contribution < 1.29 is 5.11 Å². The highest BCUT2D eigenvalue weighted by atomic mass is 16.3. The Morgan fingerprint density at radius 2 is 0.931 bits per heavy atom. The van der Waals surface area contributed by atoms with E-state index in [9.17, 15) is 5.11 Å². The van der Waals surface area contributed by atoms with Gasteiger partial charge in [-0.2, -0.15) is 0 Å². The van der Waals surface area contributed by atoms with Crippen molar-refractivity contribution in [1.29, 1.82) is 0 Å². The number of rotatable bonds is 2. The summed E-state index contributed by atoms with van der Waals surface area (Å²) in [6.07, 6.45) is -0.668. The number of hydrogen-bond acceptors (Lipinski definition) is 3. The van der Waals surface area contributed by atoms with Crippen molar-refractivity contribution >= 4 is 11.4 Å². The van der Waals surface area contributed by atoms with Gasteiger partial charge in [-0.15, -0.1) is 0 Å². The van der Waals surface area contributed by atoms with E-state index in [4.69, 9.17) is 11.5 Å². The van der Waals surface area contributed by atoms with Gasteiger partial charge in [0.15, 0.2) is 0 Å². The molecule has 4 aromatic carbocycles. The average molecular weight is 378 g/mol. The van der Waals surface area contributed by atoms with E-state index in [0.29, 0.717) is 0 Å². The van der Waals surface area contributed by atoms with Crippen molar-refractivity contribution in [1.82, 2.24) is 0 Å². The van der Waals surface area contributed by atoms with E-state index in [-0.39, 0.29) is 0 Å². The highest BCUT2D eigenvalue weighted by molar-refractivity contribution is 5.68. The minimum atomic E-state index is -0.668. The highest BCUT2D eigenvalue weighted by Gasteiger charge is 2.45. The molecule has 0 fully saturated rings. The molecule has 5 N–H and O–H groups in total. The quantitative estimate of drug-likeness (QED) is 0.445. The predicted octanol–water partition coefficient (Wildman–Crippen LogP) is 4.63. The van der Waals surface area contributed by atoms with Crippen LogP contribution in [0.15, 0.2) is 97.1 Å². The fourth-order valence-corrected chi connectivity index (χ4v) is 4.72. The second kappa shape index (κ2) is 6.50. The minimum absolute atomic E-state index is 0.576. The molecule has 0 spiro atoms. The van der Waals surface area contributed by atoms with Crippen molar-refractivity contribution in [3.63, 3.8) is 0 Å². The van der Waals surface area contributed by atoms with E-state index in [1.807, 2.05) is 60.7 Å². The number of anilines is 2. The van der Waals surface area contributed by atoms with E-state index in [0.717, 1.165) is 44.8 Å². The molecule has 0 heterocycles. The number of hydrogen-bond donors (Lipinski definition) is 3. The largest absolute Gasteiger partial charge is 0.399 e. The maximum absolute atomic E-state index is 11.2. The van der Waals surface area contributed by atoms with Gasteiger partial charge in [0, 0.05) is 11.4 Å². The van der Waals surface area contributed by atoms with Gasteiger partial charge in [0.25, 0.3) is 0 Å². The molecule has 0 aromatic heterocycles. The summed E-state index contributed by atoms with van der Waals surface area (Å²) in [5.41, 5.74) is 19.1. The van der Waals surface area contributed by atoms with Crippen LogP contribution in [0.3, 0.4) is 0 Å². The summed E-state index contributed by atoms with van der Waals surface area (Å²) in [4.78, 5) is 0. The lowest BCUT2D eigenvalue weighted by Gasteiger charge is -2.43. The fraction of sp³-hybridized carbons (Fsp3) is 0.0769. The zero-order valence-corrected chi connectivity index (χ0v) is 15.9. The van der Waals surface area contributed by atoms with Crippen LogP contribution in [0.5, 0.6) is 0 Å². The Kier molecular flexibility index (Phi) is 3.93.